The highest BCUT2D eigenvalue weighted by molar-refractivity contribution is 4.54. The van der Waals surface area contributed by atoms with Crippen molar-refractivity contribution in [3.05, 3.63) is 13.8 Å². The molecule has 0 atom stereocenters. The molecule has 2 radical (unpaired) electrons. The molecule has 0 rings (SSSR count). The molecular weight excluding hydrogens is 96.1 g/mol. The molecule has 0 aliphatic heterocycles. The summed E-state index contributed by atoms with van der Waals surface area (Å²) >= 11 is 0. The molecule has 0 nitrogen and oxygen atoms in total. The van der Waals surface area contributed by atoms with Gasteiger partial charge in [0.1, 0.15) is 0 Å². The van der Waals surface area contributed by atoms with Gasteiger partial charge in [-0.1, -0.05) is 46.5 Å². The lowest BCUT2D eigenvalue weighted by atomic mass is 10.0. The van der Waals surface area contributed by atoms with E-state index in [1.165, 1.54) is 12.8 Å². The van der Waals surface area contributed by atoms with Crippen molar-refractivity contribution >= 4 is 0 Å². The maximum Gasteiger partial charge on any atom is -0.0443 e. The molecule has 0 heterocycles. The van der Waals surface area contributed by atoms with Crippen LogP contribution in [0.5, 0.6) is 0 Å². The van der Waals surface area contributed by atoms with Gasteiger partial charge in [0.2, 0.25) is 0 Å². The Morgan fingerprint density at radius 1 is 1.12 bits per heavy atom. The third kappa shape index (κ3) is 4.17. The number of hydrogen-bond donors (Lipinski definition) is 0. The van der Waals surface area contributed by atoms with Crippen molar-refractivity contribution in [1.82, 2.24) is 0 Å². The van der Waals surface area contributed by atoms with Crippen molar-refractivity contribution in [2.45, 2.75) is 32.6 Å². The summed E-state index contributed by atoms with van der Waals surface area (Å²) in [7, 11) is 0. The van der Waals surface area contributed by atoms with Crippen molar-refractivity contribution in [2.75, 3.05) is 0 Å². The minimum absolute atomic E-state index is 0.838. The Balaban J connectivity index is 2.92. The first-order valence-corrected chi connectivity index (χ1v) is 3.39. The van der Waals surface area contributed by atoms with E-state index in [0.717, 1.165) is 18.8 Å². The SMILES string of the molecule is [CH2]CCC(C)CC[CH2]. The molecule has 0 bridgehead atoms. The van der Waals surface area contributed by atoms with Crippen LogP contribution >= 0.6 is 0 Å². The van der Waals surface area contributed by atoms with Crippen LogP contribution in [-0.2, 0) is 0 Å². The fourth-order valence-electron chi connectivity index (χ4n) is 0.841. The monoisotopic (exact) mass is 112 g/mol. The predicted molar refractivity (Wildman–Crippen MR) is 38.3 cm³/mol. The zero-order valence-corrected chi connectivity index (χ0v) is 5.82. The average molecular weight is 112 g/mol. The van der Waals surface area contributed by atoms with Gasteiger partial charge in [0, 0.05) is 0 Å². The van der Waals surface area contributed by atoms with E-state index < -0.39 is 0 Å². The second-order valence-electron chi connectivity index (χ2n) is 2.39. The predicted octanol–water partition coefficient (Wildman–Crippen LogP) is 2.85. The van der Waals surface area contributed by atoms with Crippen molar-refractivity contribution < 1.29 is 0 Å². The highest BCUT2D eigenvalue weighted by atomic mass is 14.0. The largest absolute Gasteiger partial charge is 0.0625 e. The van der Waals surface area contributed by atoms with Crippen LogP contribution in [0.1, 0.15) is 32.6 Å². The minimum atomic E-state index is 0.838. The smallest absolute Gasteiger partial charge is 0.0443 e. The molecule has 0 heteroatoms. The first-order chi connectivity index (χ1) is 3.81. The zero-order chi connectivity index (χ0) is 6.41. The van der Waals surface area contributed by atoms with Gasteiger partial charge < -0.3 is 0 Å². The van der Waals surface area contributed by atoms with E-state index >= 15 is 0 Å². The molecule has 8 heavy (non-hydrogen) atoms. The number of rotatable bonds is 4. The van der Waals surface area contributed by atoms with Gasteiger partial charge in [-0.3, -0.25) is 0 Å². The lowest BCUT2D eigenvalue weighted by Crippen LogP contribution is -1.91. The van der Waals surface area contributed by atoms with Crippen LogP contribution in [0.2, 0.25) is 0 Å². The van der Waals surface area contributed by atoms with Crippen LogP contribution < -0.4 is 0 Å². The molecule has 0 aliphatic carbocycles. The van der Waals surface area contributed by atoms with Crippen molar-refractivity contribution in [3.63, 3.8) is 0 Å². The van der Waals surface area contributed by atoms with E-state index in [2.05, 4.69) is 20.8 Å². The van der Waals surface area contributed by atoms with Crippen LogP contribution in [0.15, 0.2) is 0 Å². The Hall–Kier alpha value is 0. The van der Waals surface area contributed by atoms with E-state index in [0.29, 0.717) is 0 Å². The molecule has 0 saturated carbocycles. The third-order valence-electron chi connectivity index (χ3n) is 1.39. The Morgan fingerprint density at radius 3 is 1.75 bits per heavy atom. The number of hydrogen-bond acceptors (Lipinski definition) is 0. The third-order valence-corrected chi connectivity index (χ3v) is 1.39. The summed E-state index contributed by atoms with van der Waals surface area (Å²) in [5, 5.41) is 0. The highest BCUT2D eigenvalue weighted by Crippen LogP contribution is 2.10. The summed E-state index contributed by atoms with van der Waals surface area (Å²) in [6.07, 6.45) is 4.66. The van der Waals surface area contributed by atoms with E-state index in [1.54, 1.807) is 0 Å². The first kappa shape index (κ1) is 8.00. The molecule has 0 unspecified atom stereocenters. The lowest BCUT2D eigenvalue weighted by Gasteiger charge is -2.05. The summed E-state index contributed by atoms with van der Waals surface area (Å²) in [5.74, 6) is 0.838. The molecule has 0 fully saturated rings. The highest BCUT2D eigenvalue weighted by Gasteiger charge is 1.95. The van der Waals surface area contributed by atoms with Crippen molar-refractivity contribution in [2.24, 2.45) is 5.92 Å². The zero-order valence-electron chi connectivity index (χ0n) is 5.82. The quantitative estimate of drug-likeness (QED) is 0.524. The topological polar surface area (TPSA) is 0 Å². The second kappa shape index (κ2) is 5.14. The van der Waals surface area contributed by atoms with E-state index in [-0.39, 0.29) is 0 Å². The second-order valence-corrected chi connectivity index (χ2v) is 2.39. The molecule has 0 saturated heterocycles. The molecule has 0 amide bonds. The van der Waals surface area contributed by atoms with Crippen LogP contribution in [0, 0.1) is 19.8 Å². The van der Waals surface area contributed by atoms with Gasteiger partial charge in [-0.25, -0.2) is 0 Å². The molecule has 0 spiro atoms. The van der Waals surface area contributed by atoms with Crippen LogP contribution in [0.25, 0.3) is 0 Å². The van der Waals surface area contributed by atoms with Crippen molar-refractivity contribution in [1.29, 1.82) is 0 Å². The maximum absolute atomic E-state index is 3.79. The molecule has 0 aromatic carbocycles. The van der Waals surface area contributed by atoms with Crippen LogP contribution in [0.4, 0.5) is 0 Å². The molecule has 0 N–H and O–H groups in total. The molecular formula is C8H16. The Kier molecular flexibility index (Phi) is 5.14. The molecule has 48 valence electrons. The van der Waals surface area contributed by atoms with Crippen LogP contribution in [-0.4, -0.2) is 0 Å². The summed E-state index contributed by atoms with van der Waals surface area (Å²) in [6.45, 7) is 9.84. The minimum Gasteiger partial charge on any atom is -0.0625 e. The summed E-state index contributed by atoms with van der Waals surface area (Å²) in [4.78, 5) is 0. The summed E-state index contributed by atoms with van der Waals surface area (Å²) in [5.41, 5.74) is 0. The molecule has 0 aliphatic rings. The van der Waals surface area contributed by atoms with Gasteiger partial charge in [-0.15, -0.1) is 0 Å². The summed E-state index contributed by atoms with van der Waals surface area (Å²) < 4.78 is 0. The van der Waals surface area contributed by atoms with Crippen molar-refractivity contribution in [3.8, 4) is 0 Å². The maximum atomic E-state index is 3.79. The van der Waals surface area contributed by atoms with Crippen LogP contribution in [0.3, 0.4) is 0 Å². The Morgan fingerprint density at radius 2 is 1.50 bits per heavy atom. The molecule has 0 aromatic rings. The fraction of sp³-hybridized carbons (Fsp3) is 0.750. The fourth-order valence-corrected chi connectivity index (χ4v) is 0.841. The Bertz CT molecular complexity index is 33.3. The van der Waals surface area contributed by atoms with Gasteiger partial charge in [0.15, 0.2) is 0 Å². The summed E-state index contributed by atoms with van der Waals surface area (Å²) in [6, 6.07) is 0. The van der Waals surface area contributed by atoms with E-state index in [9.17, 15) is 0 Å². The van der Waals surface area contributed by atoms with E-state index in [1.807, 2.05) is 0 Å². The standard InChI is InChI=1S/C8H16/c1-4-6-8(3)7-5-2/h8H,1-2,4-7H2,3H3. The lowest BCUT2D eigenvalue weighted by molar-refractivity contribution is 0.500. The van der Waals surface area contributed by atoms with Gasteiger partial charge in [0.05, 0.1) is 0 Å². The van der Waals surface area contributed by atoms with Gasteiger partial charge >= 0.3 is 0 Å². The Labute approximate surface area is 53.3 Å². The normalized spacial score (nSPS) is 10.5. The average Bonchev–Trinajstić information content (AvgIpc) is 1.68. The van der Waals surface area contributed by atoms with E-state index in [4.69, 9.17) is 0 Å². The van der Waals surface area contributed by atoms with Gasteiger partial charge in [-0.05, 0) is 5.92 Å². The van der Waals surface area contributed by atoms with Gasteiger partial charge in [-0.2, -0.15) is 0 Å². The van der Waals surface area contributed by atoms with Gasteiger partial charge in [0.25, 0.3) is 0 Å². The first-order valence-electron chi connectivity index (χ1n) is 3.39. The molecule has 0 aromatic heterocycles.